The average molecular weight is 402 g/mol. The van der Waals surface area contributed by atoms with Gasteiger partial charge in [0.15, 0.2) is 16.6 Å². The SMILES string of the molecule is CON=C1C[C@@H](O[Si](C)(C)C(C)(C)C)C[C@H](O[Si](C)(C)C(C)(C)C)C1C. The van der Waals surface area contributed by atoms with Crippen LogP contribution in [-0.4, -0.2) is 41.7 Å². The highest BCUT2D eigenvalue weighted by atomic mass is 28.4. The summed E-state index contributed by atoms with van der Waals surface area (Å²) in [7, 11) is -2.06. The van der Waals surface area contributed by atoms with E-state index in [4.69, 9.17) is 13.7 Å². The predicted molar refractivity (Wildman–Crippen MR) is 117 cm³/mol. The van der Waals surface area contributed by atoms with E-state index in [-0.39, 0.29) is 28.2 Å². The van der Waals surface area contributed by atoms with Crippen LogP contribution < -0.4 is 0 Å². The van der Waals surface area contributed by atoms with Gasteiger partial charge >= 0.3 is 0 Å². The lowest BCUT2D eigenvalue weighted by atomic mass is 9.84. The van der Waals surface area contributed by atoms with E-state index >= 15 is 0 Å². The summed E-state index contributed by atoms with van der Waals surface area (Å²) >= 11 is 0. The molecule has 0 aromatic rings. The topological polar surface area (TPSA) is 40.0 Å². The second-order valence-corrected chi connectivity index (χ2v) is 20.4. The first-order valence-corrected chi connectivity index (χ1v) is 15.8. The van der Waals surface area contributed by atoms with Gasteiger partial charge in [-0.1, -0.05) is 53.6 Å². The monoisotopic (exact) mass is 401 g/mol. The maximum Gasteiger partial charge on any atom is 0.192 e. The van der Waals surface area contributed by atoms with Crippen molar-refractivity contribution in [1.82, 2.24) is 0 Å². The number of hydrogen-bond acceptors (Lipinski definition) is 4. The standard InChI is InChI=1S/C20H43NO3Si2/c1-15-17(21-22-8)13-16(23-25(9,10)19(2,3)4)14-18(15)24-26(11,12)20(5,6)7/h15-16,18H,13-14H2,1-12H3/t15?,16-,18+/m1/s1. The smallest absolute Gasteiger partial charge is 0.192 e. The van der Waals surface area contributed by atoms with Gasteiger partial charge in [-0.2, -0.15) is 0 Å². The van der Waals surface area contributed by atoms with Crippen molar-refractivity contribution in [3.05, 3.63) is 0 Å². The van der Waals surface area contributed by atoms with Crippen LogP contribution in [0.25, 0.3) is 0 Å². The maximum absolute atomic E-state index is 6.80. The van der Waals surface area contributed by atoms with Crippen molar-refractivity contribution in [1.29, 1.82) is 0 Å². The first-order valence-electron chi connectivity index (χ1n) is 9.97. The van der Waals surface area contributed by atoms with Gasteiger partial charge in [0.2, 0.25) is 0 Å². The van der Waals surface area contributed by atoms with Gasteiger partial charge in [-0.25, -0.2) is 0 Å². The Morgan fingerprint density at radius 1 is 0.885 bits per heavy atom. The number of hydrogen-bond donors (Lipinski definition) is 0. The molecular weight excluding hydrogens is 358 g/mol. The molecule has 0 saturated heterocycles. The highest BCUT2D eigenvalue weighted by Gasteiger charge is 2.46. The van der Waals surface area contributed by atoms with Crippen LogP contribution in [0.2, 0.25) is 36.3 Å². The molecule has 154 valence electrons. The number of oxime groups is 1. The molecule has 3 atom stereocenters. The van der Waals surface area contributed by atoms with Gasteiger partial charge in [0.05, 0.1) is 17.9 Å². The van der Waals surface area contributed by atoms with E-state index in [0.29, 0.717) is 0 Å². The lowest BCUT2D eigenvalue weighted by Gasteiger charge is -2.46. The molecule has 1 aliphatic carbocycles. The largest absolute Gasteiger partial charge is 0.413 e. The molecule has 0 bridgehead atoms. The van der Waals surface area contributed by atoms with Crippen LogP contribution in [0.15, 0.2) is 5.16 Å². The van der Waals surface area contributed by atoms with Crippen molar-refractivity contribution < 1.29 is 13.7 Å². The summed E-state index contributed by atoms with van der Waals surface area (Å²) in [6.45, 7) is 25.3. The fraction of sp³-hybridized carbons (Fsp3) is 0.950. The molecule has 6 heteroatoms. The Morgan fingerprint density at radius 3 is 1.77 bits per heavy atom. The van der Waals surface area contributed by atoms with Crippen molar-refractivity contribution in [2.75, 3.05) is 7.11 Å². The first kappa shape index (κ1) is 23.9. The normalized spacial score (nSPS) is 27.7. The summed E-state index contributed by atoms with van der Waals surface area (Å²) in [6, 6.07) is 0. The Morgan fingerprint density at radius 2 is 1.35 bits per heavy atom. The quantitative estimate of drug-likeness (QED) is 0.407. The third-order valence-electron chi connectivity index (χ3n) is 6.74. The molecule has 1 saturated carbocycles. The van der Waals surface area contributed by atoms with E-state index in [1.54, 1.807) is 7.11 Å². The molecule has 0 radical (unpaired) electrons. The second-order valence-electron chi connectivity index (χ2n) is 10.9. The van der Waals surface area contributed by atoms with Crippen LogP contribution in [0.1, 0.15) is 61.3 Å². The Bertz CT molecular complexity index is 504. The molecule has 0 amide bonds. The van der Waals surface area contributed by atoms with Crippen LogP contribution in [-0.2, 0) is 13.7 Å². The fourth-order valence-electron chi connectivity index (χ4n) is 2.81. The fourth-order valence-corrected chi connectivity index (χ4v) is 5.58. The number of rotatable bonds is 5. The van der Waals surface area contributed by atoms with Gasteiger partial charge in [0, 0.05) is 12.3 Å². The average Bonchev–Trinajstić information content (AvgIpc) is 2.40. The Labute approximate surface area is 164 Å². The summed E-state index contributed by atoms with van der Waals surface area (Å²) in [5.74, 6) is 0.267. The predicted octanol–water partition coefficient (Wildman–Crippen LogP) is 6.20. The van der Waals surface area contributed by atoms with Gasteiger partial charge in [-0.3, -0.25) is 0 Å². The molecule has 0 aromatic carbocycles. The van der Waals surface area contributed by atoms with Crippen molar-refractivity contribution >= 4 is 22.3 Å². The van der Waals surface area contributed by atoms with Crippen molar-refractivity contribution in [2.24, 2.45) is 11.1 Å². The lowest BCUT2D eigenvalue weighted by Crippen LogP contribution is -2.52. The van der Waals surface area contributed by atoms with E-state index in [0.717, 1.165) is 18.6 Å². The molecule has 1 aliphatic rings. The summed E-state index contributed by atoms with van der Waals surface area (Å²) < 4.78 is 13.5. The summed E-state index contributed by atoms with van der Waals surface area (Å²) in [6.07, 6.45) is 2.10. The first-order chi connectivity index (χ1) is 11.5. The zero-order valence-electron chi connectivity index (χ0n) is 19.3. The van der Waals surface area contributed by atoms with E-state index < -0.39 is 16.6 Å². The lowest BCUT2D eigenvalue weighted by molar-refractivity contribution is 0.0606. The molecule has 0 heterocycles. The summed E-state index contributed by atoms with van der Waals surface area (Å²) in [5, 5.41) is 4.73. The molecule has 4 nitrogen and oxygen atoms in total. The van der Waals surface area contributed by atoms with Crippen molar-refractivity contribution in [2.45, 2.75) is 110 Å². The highest BCUT2D eigenvalue weighted by molar-refractivity contribution is 6.74. The van der Waals surface area contributed by atoms with Gasteiger partial charge in [-0.05, 0) is 42.7 Å². The van der Waals surface area contributed by atoms with E-state index in [1.807, 2.05) is 0 Å². The van der Waals surface area contributed by atoms with Gasteiger partial charge in [0.25, 0.3) is 0 Å². The molecule has 0 aromatic heterocycles. The molecule has 0 N–H and O–H groups in total. The van der Waals surface area contributed by atoms with E-state index in [9.17, 15) is 0 Å². The molecule has 0 spiro atoms. The summed E-state index contributed by atoms with van der Waals surface area (Å²) in [4.78, 5) is 5.14. The minimum atomic E-state index is -1.85. The van der Waals surface area contributed by atoms with Crippen LogP contribution in [0.4, 0.5) is 0 Å². The van der Waals surface area contributed by atoms with Crippen LogP contribution in [0.3, 0.4) is 0 Å². The van der Waals surface area contributed by atoms with Crippen LogP contribution in [0.5, 0.6) is 0 Å². The third kappa shape index (κ3) is 5.66. The zero-order valence-corrected chi connectivity index (χ0v) is 21.3. The maximum atomic E-state index is 6.80. The molecule has 1 fully saturated rings. The second kappa shape index (κ2) is 8.05. The molecule has 26 heavy (non-hydrogen) atoms. The Hall–Kier alpha value is -0.176. The summed E-state index contributed by atoms with van der Waals surface area (Å²) in [5.41, 5.74) is 1.08. The van der Waals surface area contributed by atoms with Crippen LogP contribution >= 0.6 is 0 Å². The van der Waals surface area contributed by atoms with E-state index in [1.165, 1.54) is 0 Å². The van der Waals surface area contributed by atoms with Gasteiger partial charge in [-0.15, -0.1) is 0 Å². The minimum Gasteiger partial charge on any atom is -0.413 e. The Balaban J connectivity index is 3.06. The van der Waals surface area contributed by atoms with Gasteiger partial charge < -0.3 is 13.7 Å². The van der Waals surface area contributed by atoms with Crippen molar-refractivity contribution in [3.8, 4) is 0 Å². The molecule has 1 rings (SSSR count). The molecular formula is C20H43NO3Si2. The zero-order chi connectivity index (χ0) is 20.6. The highest BCUT2D eigenvalue weighted by Crippen LogP contribution is 2.42. The number of nitrogens with zero attached hydrogens (tertiary/aromatic N) is 1. The molecule has 0 aliphatic heterocycles. The van der Waals surface area contributed by atoms with Crippen molar-refractivity contribution in [3.63, 3.8) is 0 Å². The third-order valence-corrected chi connectivity index (χ3v) is 15.8. The minimum absolute atomic E-state index is 0.147. The van der Waals surface area contributed by atoms with Crippen LogP contribution in [0, 0.1) is 5.92 Å². The van der Waals surface area contributed by atoms with E-state index in [2.05, 4.69) is 79.8 Å². The van der Waals surface area contributed by atoms with Gasteiger partial charge in [0.1, 0.15) is 7.11 Å². The molecule has 1 unspecified atom stereocenters. The Kier molecular flexibility index (Phi) is 7.39.